The zero-order chi connectivity index (χ0) is 22.4. The molecule has 2 atom stereocenters. The van der Waals surface area contributed by atoms with Crippen LogP contribution < -0.4 is 10.6 Å². The van der Waals surface area contributed by atoms with Gasteiger partial charge in [-0.3, -0.25) is 19.3 Å². The van der Waals surface area contributed by atoms with E-state index in [1.165, 1.54) is 0 Å². The molecule has 8 nitrogen and oxygen atoms in total. The molecule has 2 N–H and O–H groups in total. The predicted molar refractivity (Wildman–Crippen MR) is 113 cm³/mol. The van der Waals surface area contributed by atoms with Crippen LogP contribution in [0.2, 0.25) is 0 Å². The predicted octanol–water partition coefficient (Wildman–Crippen LogP) is 1.92. The molecular formula is C23H25N3O5. The Morgan fingerprint density at radius 3 is 2.32 bits per heavy atom. The van der Waals surface area contributed by atoms with Gasteiger partial charge in [-0.2, -0.15) is 0 Å². The van der Waals surface area contributed by atoms with Gasteiger partial charge in [0, 0.05) is 6.54 Å². The van der Waals surface area contributed by atoms with E-state index >= 15 is 0 Å². The summed E-state index contributed by atoms with van der Waals surface area (Å²) in [4.78, 5) is 50.0. The van der Waals surface area contributed by atoms with Crippen LogP contribution in [-0.4, -0.2) is 48.4 Å². The molecule has 3 rings (SSSR count). The van der Waals surface area contributed by atoms with Gasteiger partial charge in [-0.05, 0) is 24.0 Å². The third-order valence-corrected chi connectivity index (χ3v) is 5.25. The van der Waals surface area contributed by atoms with Gasteiger partial charge in [0.05, 0.1) is 0 Å². The van der Waals surface area contributed by atoms with Crippen molar-refractivity contribution in [1.82, 2.24) is 15.5 Å². The van der Waals surface area contributed by atoms with Crippen molar-refractivity contribution in [2.45, 2.75) is 25.3 Å². The maximum absolute atomic E-state index is 12.8. The number of rotatable bonds is 8. The number of ether oxygens (including phenoxy) is 1. The standard InChI is InChI=1S/C23H25N3O5/c1-16(17-9-5-3-6-10-17)13-24-19(27)15-31-20(28)14-26-21(29)23(2,25-22(26)30)18-11-7-4-8-12-18/h3-12,16H,13-15H2,1-2H3,(H,24,27)(H,25,30)/t16-,23-/m0/s1. The monoisotopic (exact) mass is 423 g/mol. The third-order valence-electron chi connectivity index (χ3n) is 5.25. The first-order valence-corrected chi connectivity index (χ1v) is 9.98. The smallest absolute Gasteiger partial charge is 0.326 e. The number of benzene rings is 2. The second-order valence-corrected chi connectivity index (χ2v) is 7.59. The Hall–Kier alpha value is -3.68. The largest absolute Gasteiger partial charge is 0.454 e. The minimum absolute atomic E-state index is 0.0995. The topological polar surface area (TPSA) is 105 Å². The fourth-order valence-electron chi connectivity index (χ4n) is 3.35. The van der Waals surface area contributed by atoms with Gasteiger partial charge in [0.15, 0.2) is 6.61 Å². The molecular weight excluding hydrogens is 398 g/mol. The van der Waals surface area contributed by atoms with Crippen molar-refractivity contribution in [1.29, 1.82) is 0 Å². The highest BCUT2D eigenvalue weighted by atomic mass is 16.5. The Morgan fingerprint density at radius 1 is 1.06 bits per heavy atom. The number of carbonyl (C=O) groups excluding carboxylic acids is 4. The Labute approximate surface area is 180 Å². The minimum Gasteiger partial charge on any atom is -0.454 e. The number of esters is 1. The van der Waals surface area contributed by atoms with Crippen LogP contribution in [0.15, 0.2) is 60.7 Å². The number of urea groups is 1. The van der Waals surface area contributed by atoms with Crippen molar-refractivity contribution in [2.75, 3.05) is 19.7 Å². The van der Waals surface area contributed by atoms with Gasteiger partial charge in [0.2, 0.25) is 0 Å². The molecule has 0 radical (unpaired) electrons. The van der Waals surface area contributed by atoms with Gasteiger partial charge < -0.3 is 15.4 Å². The highest BCUT2D eigenvalue weighted by molar-refractivity contribution is 6.08. The maximum Gasteiger partial charge on any atom is 0.326 e. The van der Waals surface area contributed by atoms with E-state index in [-0.39, 0.29) is 5.92 Å². The highest BCUT2D eigenvalue weighted by Gasteiger charge is 2.49. The molecule has 1 aliphatic rings. The van der Waals surface area contributed by atoms with Crippen molar-refractivity contribution in [2.24, 2.45) is 0 Å². The molecule has 1 fully saturated rings. The lowest BCUT2D eigenvalue weighted by atomic mass is 9.92. The SMILES string of the molecule is C[C@@H](CNC(=O)COC(=O)CN1C(=O)N[C@@](C)(c2ccccc2)C1=O)c1ccccc1. The van der Waals surface area contributed by atoms with E-state index in [1.54, 1.807) is 37.3 Å². The molecule has 8 heteroatoms. The van der Waals surface area contributed by atoms with Gasteiger partial charge >= 0.3 is 12.0 Å². The number of nitrogens with zero attached hydrogens (tertiary/aromatic N) is 1. The van der Waals surface area contributed by atoms with Crippen molar-refractivity contribution in [3.8, 4) is 0 Å². The number of amides is 4. The van der Waals surface area contributed by atoms with Crippen molar-refractivity contribution >= 4 is 23.8 Å². The second kappa shape index (κ2) is 9.42. The quantitative estimate of drug-likeness (QED) is 0.499. The normalized spacial score (nSPS) is 19.0. The molecule has 2 aromatic carbocycles. The van der Waals surface area contributed by atoms with E-state index < -0.39 is 42.5 Å². The lowest BCUT2D eigenvalue weighted by Crippen LogP contribution is -2.42. The van der Waals surface area contributed by atoms with Gasteiger partial charge in [0.25, 0.3) is 11.8 Å². The van der Waals surface area contributed by atoms with Crippen molar-refractivity contribution in [3.63, 3.8) is 0 Å². The van der Waals surface area contributed by atoms with Gasteiger partial charge in [-0.1, -0.05) is 67.6 Å². The molecule has 0 saturated carbocycles. The summed E-state index contributed by atoms with van der Waals surface area (Å²) < 4.78 is 4.95. The molecule has 1 heterocycles. The summed E-state index contributed by atoms with van der Waals surface area (Å²) in [5, 5.41) is 5.32. The summed E-state index contributed by atoms with van der Waals surface area (Å²) in [6, 6.07) is 17.8. The Morgan fingerprint density at radius 2 is 1.68 bits per heavy atom. The fraction of sp³-hybridized carbons (Fsp3) is 0.304. The summed E-state index contributed by atoms with van der Waals surface area (Å²) in [5.41, 5.74) is 0.430. The van der Waals surface area contributed by atoms with Crippen LogP contribution >= 0.6 is 0 Å². The van der Waals surface area contributed by atoms with Crippen molar-refractivity contribution < 1.29 is 23.9 Å². The van der Waals surface area contributed by atoms with Crippen LogP contribution in [-0.2, 0) is 24.7 Å². The average Bonchev–Trinajstić information content (AvgIpc) is 3.01. The molecule has 31 heavy (non-hydrogen) atoms. The molecule has 2 aromatic rings. The molecule has 4 amide bonds. The van der Waals surface area contributed by atoms with E-state index in [0.29, 0.717) is 12.1 Å². The van der Waals surface area contributed by atoms with E-state index in [9.17, 15) is 19.2 Å². The number of hydrogen-bond acceptors (Lipinski definition) is 5. The summed E-state index contributed by atoms with van der Waals surface area (Å²) >= 11 is 0. The lowest BCUT2D eigenvalue weighted by molar-refractivity contribution is -0.151. The number of hydrogen-bond donors (Lipinski definition) is 2. The van der Waals surface area contributed by atoms with E-state index in [1.807, 2.05) is 37.3 Å². The summed E-state index contributed by atoms with van der Waals surface area (Å²) in [7, 11) is 0. The Balaban J connectivity index is 1.48. The summed E-state index contributed by atoms with van der Waals surface area (Å²) in [5.74, 6) is -1.75. The molecule has 1 aliphatic heterocycles. The van der Waals surface area contributed by atoms with Gasteiger partial charge in [0.1, 0.15) is 12.1 Å². The zero-order valence-electron chi connectivity index (χ0n) is 17.5. The van der Waals surface area contributed by atoms with Crippen molar-refractivity contribution in [3.05, 3.63) is 71.8 Å². The fourth-order valence-corrected chi connectivity index (χ4v) is 3.35. The third kappa shape index (κ3) is 5.09. The maximum atomic E-state index is 12.8. The molecule has 0 unspecified atom stereocenters. The van der Waals surface area contributed by atoms with Crippen LogP contribution in [0.1, 0.15) is 30.9 Å². The number of imide groups is 1. The van der Waals surface area contributed by atoms with E-state index in [4.69, 9.17) is 4.74 Å². The molecule has 0 aliphatic carbocycles. The highest BCUT2D eigenvalue weighted by Crippen LogP contribution is 2.28. The Bertz CT molecular complexity index is 964. The van der Waals surface area contributed by atoms with Crippen LogP contribution in [0.4, 0.5) is 4.79 Å². The van der Waals surface area contributed by atoms with E-state index in [0.717, 1.165) is 10.5 Å². The molecule has 1 saturated heterocycles. The lowest BCUT2D eigenvalue weighted by Gasteiger charge is -2.21. The first-order valence-electron chi connectivity index (χ1n) is 9.98. The zero-order valence-corrected chi connectivity index (χ0v) is 17.5. The number of nitrogens with one attached hydrogen (secondary N) is 2. The first kappa shape index (κ1) is 22.0. The van der Waals surface area contributed by atoms with Gasteiger partial charge in [-0.25, -0.2) is 4.79 Å². The first-order chi connectivity index (χ1) is 14.8. The molecule has 0 spiro atoms. The molecule has 0 bridgehead atoms. The molecule has 0 aromatic heterocycles. The minimum atomic E-state index is -1.26. The van der Waals surface area contributed by atoms with Gasteiger partial charge in [-0.15, -0.1) is 0 Å². The van der Waals surface area contributed by atoms with E-state index in [2.05, 4.69) is 10.6 Å². The van der Waals surface area contributed by atoms with Crippen LogP contribution in [0.25, 0.3) is 0 Å². The Kier molecular flexibility index (Phi) is 6.69. The average molecular weight is 423 g/mol. The number of carbonyl (C=O) groups is 4. The van der Waals surface area contributed by atoms with Crippen LogP contribution in [0.3, 0.4) is 0 Å². The second-order valence-electron chi connectivity index (χ2n) is 7.59. The summed E-state index contributed by atoms with van der Waals surface area (Å²) in [6.07, 6.45) is 0. The van der Waals surface area contributed by atoms with Crippen LogP contribution in [0, 0.1) is 0 Å². The molecule has 162 valence electrons. The van der Waals surface area contributed by atoms with Crippen LogP contribution in [0.5, 0.6) is 0 Å². The summed E-state index contributed by atoms with van der Waals surface area (Å²) in [6.45, 7) is 2.89.